The molecule has 1 aliphatic heterocycles. The third-order valence-electron chi connectivity index (χ3n) is 6.75. The van der Waals surface area contributed by atoms with Gasteiger partial charge in [0.15, 0.2) is 0 Å². The van der Waals surface area contributed by atoms with Crippen molar-refractivity contribution in [2.75, 3.05) is 13.1 Å². The van der Waals surface area contributed by atoms with Crippen molar-refractivity contribution in [3.8, 4) is 10.4 Å². The molecule has 174 valence electrons. The van der Waals surface area contributed by atoms with Crippen LogP contribution in [0.1, 0.15) is 44.9 Å². The van der Waals surface area contributed by atoms with Gasteiger partial charge in [0.1, 0.15) is 11.4 Å². The van der Waals surface area contributed by atoms with E-state index in [0.717, 1.165) is 36.1 Å². The van der Waals surface area contributed by atoms with Gasteiger partial charge >= 0.3 is 0 Å². The molecule has 9 heteroatoms. The topological polar surface area (TPSA) is 84.3 Å². The Bertz CT molecular complexity index is 1190. The monoisotopic (exact) mass is 484 g/mol. The van der Waals surface area contributed by atoms with Gasteiger partial charge in [0.2, 0.25) is 11.8 Å². The molecule has 1 N–H and O–H groups in total. The van der Waals surface area contributed by atoms with E-state index in [9.17, 15) is 14.4 Å². The molecule has 1 saturated carbocycles. The minimum Gasteiger partial charge on any atom is -0.353 e. The lowest BCUT2D eigenvalue weighted by atomic mass is 9.93. The smallest absolute Gasteiger partial charge is 0.263 e. The molecule has 0 radical (unpaired) electrons. The largest absolute Gasteiger partial charge is 0.353 e. The van der Waals surface area contributed by atoms with Crippen LogP contribution in [-0.2, 0) is 16.1 Å². The van der Waals surface area contributed by atoms with E-state index in [1.54, 1.807) is 16.2 Å². The Balaban J connectivity index is 1.28. The third-order valence-corrected chi connectivity index (χ3v) is 8.54. The highest BCUT2D eigenvalue weighted by molar-refractivity contribution is 7.18. The standard InChI is InChI=1S/C24H28N4O3S2/c29-20(27-10-4-6-16(12-27)22(30)26-17-7-2-1-3-8-17)13-28-15-25-23-21(24(28)31)18(14-33-23)19-9-5-11-32-19/h5,9,11,14-17H,1-4,6-8,10,12-13H2,(H,26,30). The Morgan fingerprint density at radius 3 is 2.76 bits per heavy atom. The van der Waals surface area contributed by atoms with Crippen LogP contribution >= 0.6 is 22.7 Å². The van der Waals surface area contributed by atoms with E-state index < -0.39 is 0 Å². The van der Waals surface area contributed by atoms with Crippen LogP contribution in [0, 0.1) is 5.92 Å². The van der Waals surface area contributed by atoms with Gasteiger partial charge < -0.3 is 10.2 Å². The Hall–Kier alpha value is -2.52. The SMILES string of the molecule is O=C(NC1CCCCC1)C1CCCN(C(=O)Cn2cnc3scc(-c4cccs4)c3c2=O)C1. The fourth-order valence-corrected chi connectivity index (χ4v) is 6.64. The molecule has 1 atom stereocenters. The molecular weight excluding hydrogens is 456 g/mol. The van der Waals surface area contributed by atoms with Gasteiger partial charge in [-0.25, -0.2) is 4.98 Å². The normalized spacial score (nSPS) is 19.6. The summed E-state index contributed by atoms with van der Waals surface area (Å²) in [4.78, 5) is 47.0. The van der Waals surface area contributed by atoms with E-state index in [1.807, 2.05) is 22.9 Å². The summed E-state index contributed by atoms with van der Waals surface area (Å²) in [5.41, 5.74) is 0.684. The summed E-state index contributed by atoms with van der Waals surface area (Å²) >= 11 is 3.02. The van der Waals surface area contributed by atoms with Gasteiger partial charge in [-0.2, -0.15) is 0 Å². The number of thiophene rings is 2. The average Bonchev–Trinajstić information content (AvgIpc) is 3.52. The fourth-order valence-electron chi connectivity index (χ4n) is 4.92. The molecule has 7 nitrogen and oxygen atoms in total. The second-order valence-electron chi connectivity index (χ2n) is 9.01. The first kappa shape index (κ1) is 22.3. The predicted molar refractivity (Wildman–Crippen MR) is 132 cm³/mol. The molecule has 5 rings (SSSR count). The molecule has 0 aromatic carbocycles. The third kappa shape index (κ3) is 4.75. The second-order valence-corrected chi connectivity index (χ2v) is 10.8. The number of fused-ring (bicyclic) bond motifs is 1. The summed E-state index contributed by atoms with van der Waals surface area (Å²) in [5.74, 6) is -0.246. The van der Waals surface area contributed by atoms with Gasteiger partial charge in [0.05, 0.1) is 17.6 Å². The lowest BCUT2D eigenvalue weighted by Crippen LogP contribution is -2.48. The van der Waals surface area contributed by atoms with Gasteiger partial charge in [-0.15, -0.1) is 22.7 Å². The molecule has 1 unspecified atom stereocenters. The number of nitrogens with one attached hydrogen (secondary N) is 1. The molecule has 33 heavy (non-hydrogen) atoms. The maximum atomic E-state index is 13.2. The molecule has 1 aliphatic carbocycles. The quantitative estimate of drug-likeness (QED) is 0.596. The average molecular weight is 485 g/mol. The summed E-state index contributed by atoms with van der Waals surface area (Å²) in [6.45, 7) is 0.981. The maximum Gasteiger partial charge on any atom is 0.263 e. The molecule has 2 aliphatic rings. The first-order valence-corrected chi connectivity index (χ1v) is 13.4. The lowest BCUT2D eigenvalue weighted by Gasteiger charge is -2.33. The minimum absolute atomic E-state index is 0.0571. The number of hydrogen-bond acceptors (Lipinski definition) is 6. The summed E-state index contributed by atoms with van der Waals surface area (Å²) in [7, 11) is 0. The van der Waals surface area contributed by atoms with Crippen LogP contribution in [0.2, 0.25) is 0 Å². The number of carbonyl (C=O) groups excluding carboxylic acids is 2. The van der Waals surface area contributed by atoms with Crippen molar-refractivity contribution in [3.63, 3.8) is 0 Å². The summed E-state index contributed by atoms with van der Waals surface area (Å²) in [5, 5.41) is 7.71. The Kier molecular flexibility index (Phi) is 6.59. The van der Waals surface area contributed by atoms with E-state index in [4.69, 9.17) is 0 Å². The van der Waals surface area contributed by atoms with Gasteiger partial charge in [-0.3, -0.25) is 19.0 Å². The zero-order valence-electron chi connectivity index (χ0n) is 18.5. The van der Waals surface area contributed by atoms with Crippen LogP contribution < -0.4 is 10.9 Å². The van der Waals surface area contributed by atoms with Crippen molar-refractivity contribution < 1.29 is 9.59 Å². The highest BCUT2D eigenvalue weighted by Crippen LogP contribution is 2.33. The van der Waals surface area contributed by atoms with Crippen LogP contribution in [-0.4, -0.2) is 45.4 Å². The van der Waals surface area contributed by atoms with Gasteiger partial charge in [0.25, 0.3) is 5.56 Å². The number of aromatic nitrogens is 2. The molecule has 2 fully saturated rings. The van der Waals surface area contributed by atoms with Gasteiger partial charge in [-0.1, -0.05) is 25.3 Å². The molecule has 1 saturated heterocycles. The summed E-state index contributed by atoms with van der Waals surface area (Å²) in [6, 6.07) is 4.22. The first-order valence-electron chi connectivity index (χ1n) is 11.7. The van der Waals surface area contributed by atoms with Crippen LogP contribution in [0.4, 0.5) is 0 Å². The predicted octanol–water partition coefficient (Wildman–Crippen LogP) is 3.87. The number of carbonyl (C=O) groups is 2. The van der Waals surface area contributed by atoms with Crippen LogP contribution in [0.3, 0.4) is 0 Å². The molecule has 3 aromatic rings. The van der Waals surface area contributed by atoms with Crippen molar-refractivity contribution in [1.29, 1.82) is 0 Å². The van der Waals surface area contributed by atoms with Crippen molar-refractivity contribution in [3.05, 3.63) is 39.6 Å². The molecule has 2 amide bonds. The maximum absolute atomic E-state index is 13.2. The molecule has 0 spiro atoms. The highest BCUT2D eigenvalue weighted by atomic mass is 32.1. The van der Waals surface area contributed by atoms with E-state index in [1.165, 1.54) is 41.5 Å². The summed E-state index contributed by atoms with van der Waals surface area (Å²) < 4.78 is 1.40. The van der Waals surface area contributed by atoms with Crippen molar-refractivity contribution >= 4 is 44.7 Å². The number of rotatable bonds is 5. The van der Waals surface area contributed by atoms with E-state index in [0.29, 0.717) is 23.3 Å². The van der Waals surface area contributed by atoms with Crippen LogP contribution in [0.25, 0.3) is 20.7 Å². The van der Waals surface area contributed by atoms with Crippen molar-refractivity contribution in [2.24, 2.45) is 5.92 Å². The van der Waals surface area contributed by atoms with E-state index in [-0.39, 0.29) is 35.9 Å². The Morgan fingerprint density at radius 1 is 1.12 bits per heavy atom. The van der Waals surface area contributed by atoms with E-state index in [2.05, 4.69) is 10.3 Å². The molecular formula is C24H28N4O3S2. The number of nitrogens with zero attached hydrogens (tertiary/aromatic N) is 3. The van der Waals surface area contributed by atoms with Crippen molar-refractivity contribution in [1.82, 2.24) is 19.8 Å². The van der Waals surface area contributed by atoms with Gasteiger partial charge in [-0.05, 0) is 37.1 Å². The Morgan fingerprint density at radius 2 is 1.97 bits per heavy atom. The molecule has 0 bridgehead atoms. The molecule has 4 heterocycles. The number of piperidine rings is 1. The van der Waals surface area contributed by atoms with E-state index >= 15 is 0 Å². The number of hydrogen-bond donors (Lipinski definition) is 1. The van der Waals surface area contributed by atoms with Crippen molar-refractivity contribution in [2.45, 2.75) is 57.5 Å². The van der Waals surface area contributed by atoms with Gasteiger partial charge in [0, 0.05) is 35.0 Å². The van der Waals surface area contributed by atoms with Crippen LogP contribution in [0.15, 0.2) is 34.0 Å². The Labute approximate surface area is 200 Å². The number of likely N-dealkylation sites (tertiary alicyclic amines) is 1. The number of amides is 2. The minimum atomic E-state index is -0.193. The lowest BCUT2D eigenvalue weighted by molar-refractivity contribution is -0.136. The van der Waals surface area contributed by atoms with Crippen LogP contribution in [0.5, 0.6) is 0 Å². The zero-order chi connectivity index (χ0) is 22.8. The second kappa shape index (κ2) is 9.77. The molecule has 3 aromatic heterocycles. The fraction of sp³-hybridized carbons (Fsp3) is 0.500. The summed E-state index contributed by atoms with van der Waals surface area (Å²) in [6.07, 6.45) is 8.76. The zero-order valence-corrected chi connectivity index (χ0v) is 20.1. The first-order chi connectivity index (χ1) is 16.1. The highest BCUT2D eigenvalue weighted by Gasteiger charge is 2.30.